The highest BCUT2D eigenvalue weighted by atomic mass is 16.5. The summed E-state index contributed by atoms with van der Waals surface area (Å²) in [6, 6.07) is 0.539. The zero-order valence-corrected chi connectivity index (χ0v) is 12.6. The van der Waals surface area contributed by atoms with Crippen molar-refractivity contribution in [3.8, 4) is 0 Å². The van der Waals surface area contributed by atoms with E-state index in [1.807, 2.05) is 0 Å². The standard InChI is InChI=1S/C15H33NO/c1-6-9-14(10-7-2)15(16-11-8-3)12-17-13(4)5/h13-16H,6-12H2,1-5H3. The SMILES string of the molecule is CCCNC(COC(C)C)C(CCC)CCC. The normalized spacial score (nSPS) is 13.6. The van der Waals surface area contributed by atoms with E-state index in [1.165, 1.54) is 32.1 Å². The van der Waals surface area contributed by atoms with E-state index in [0.717, 1.165) is 19.1 Å². The van der Waals surface area contributed by atoms with Gasteiger partial charge in [-0.2, -0.15) is 0 Å². The van der Waals surface area contributed by atoms with E-state index < -0.39 is 0 Å². The predicted octanol–water partition coefficient (Wildman–Crippen LogP) is 4.00. The van der Waals surface area contributed by atoms with Crippen molar-refractivity contribution in [1.29, 1.82) is 0 Å². The van der Waals surface area contributed by atoms with Crippen molar-refractivity contribution in [3.63, 3.8) is 0 Å². The van der Waals surface area contributed by atoms with Gasteiger partial charge in [-0.15, -0.1) is 0 Å². The van der Waals surface area contributed by atoms with Crippen LogP contribution in [0.5, 0.6) is 0 Å². The van der Waals surface area contributed by atoms with Crippen LogP contribution in [0.1, 0.15) is 66.7 Å². The molecule has 0 aromatic heterocycles. The summed E-state index contributed by atoms with van der Waals surface area (Å²) in [5.74, 6) is 0.773. The molecule has 0 aromatic rings. The van der Waals surface area contributed by atoms with Crippen LogP contribution in [0.25, 0.3) is 0 Å². The molecule has 1 unspecified atom stereocenters. The Labute approximate surface area is 109 Å². The molecule has 0 spiro atoms. The second-order valence-corrected chi connectivity index (χ2v) is 5.28. The molecular formula is C15H33NO. The number of hydrogen-bond donors (Lipinski definition) is 1. The summed E-state index contributed by atoms with van der Waals surface area (Å²) >= 11 is 0. The van der Waals surface area contributed by atoms with Gasteiger partial charge >= 0.3 is 0 Å². The van der Waals surface area contributed by atoms with E-state index >= 15 is 0 Å². The van der Waals surface area contributed by atoms with Crippen LogP contribution in [0.2, 0.25) is 0 Å². The smallest absolute Gasteiger partial charge is 0.0625 e. The lowest BCUT2D eigenvalue weighted by Gasteiger charge is -2.28. The monoisotopic (exact) mass is 243 g/mol. The summed E-state index contributed by atoms with van der Waals surface area (Å²) in [7, 11) is 0. The summed E-state index contributed by atoms with van der Waals surface area (Å²) in [4.78, 5) is 0. The Balaban J connectivity index is 4.25. The Morgan fingerprint density at radius 1 is 0.941 bits per heavy atom. The van der Waals surface area contributed by atoms with E-state index in [9.17, 15) is 0 Å². The van der Waals surface area contributed by atoms with Crippen LogP contribution in [-0.2, 0) is 4.74 Å². The molecule has 2 heteroatoms. The Morgan fingerprint density at radius 2 is 1.53 bits per heavy atom. The highest BCUT2D eigenvalue weighted by Crippen LogP contribution is 2.18. The van der Waals surface area contributed by atoms with Crippen molar-refractivity contribution >= 4 is 0 Å². The quantitative estimate of drug-likeness (QED) is 0.592. The third-order valence-electron chi connectivity index (χ3n) is 3.15. The molecule has 0 rings (SSSR count). The highest BCUT2D eigenvalue weighted by molar-refractivity contribution is 4.76. The van der Waals surface area contributed by atoms with Crippen molar-refractivity contribution < 1.29 is 4.74 Å². The van der Waals surface area contributed by atoms with Gasteiger partial charge in [-0.25, -0.2) is 0 Å². The predicted molar refractivity (Wildman–Crippen MR) is 76.5 cm³/mol. The maximum absolute atomic E-state index is 5.81. The number of ether oxygens (including phenoxy) is 1. The molecule has 2 nitrogen and oxygen atoms in total. The van der Waals surface area contributed by atoms with Gasteiger partial charge in [0.2, 0.25) is 0 Å². The third-order valence-corrected chi connectivity index (χ3v) is 3.15. The summed E-state index contributed by atoms with van der Waals surface area (Å²) in [5.41, 5.74) is 0. The van der Waals surface area contributed by atoms with Gasteiger partial charge in [0.25, 0.3) is 0 Å². The van der Waals surface area contributed by atoms with Crippen LogP contribution in [0.4, 0.5) is 0 Å². The van der Waals surface area contributed by atoms with Gasteiger partial charge in [0.1, 0.15) is 0 Å². The van der Waals surface area contributed by atoms with Gasteiger partial charge in [-0.1, -0.05) is 33.6 Å². The van der Waals surface area contributed by atoms with E-state index in [-0.39, 0.29) is 0 Å². The van der Waals surface area contributed by atoms with Crippen LogP contribution in [0.15, 0.2) is 0 Å². The fourth-order valence-electron chi connectivity index (χ4n) is 2.28. The first-order valence-electron chi connectivity index (χ1n) is 7.50. The van der Waals surface area contributed by atoms with Gasteiger partial charge in [-0.3, -0.25) is 0 Å². The minimum Gasteiger partial charge on any atom is -0.377 e. The van der Waals surface area contributed by atoms with Crippen molar-refractivity contribution in [2.45, 2.75) is 78.9 Å². The van der Waals surface area contributed by atoms with Crippen molar-refractivity contribution in [2.24, 2.45) is 5.92 Å². The first-order valence-corrected chi connectivity index (χ1v) is 7.50. The zero-order chi connectivity index (χ0) is 13.1. The fraction of sp³-hybridized carbons (Fsp3) is 1.00. The average molecular weight is 243 g/mol. The van der Waals surface area contributed by atoms with E-state index in [0.29, 0.717) is 12.1 Å². The van der Waals surface area contributed by atoms with Crippen LogP contribution in [-0.4, -0.2) is 25.3 Å². The summed E-state index contributed by atoms with van der Waals surface area (Å²) < 4.78 is 5.81. The van der Waals surface area contributed by atoms with Crippen LogP contribution < -0.4 is 5.32 Å². The largest absolute Gasteiger partial charge is 0.377 e. The molecular weight excluding hydrogens is 210 g/mol. The van der Waals surface area contributed by atoms with E-state index in [4.69, 9.17) is 4.74 Å². The van der Waals surface area contributed by atoms with E-state index in [2.05, 4.69) is 39.9 Å². The lowest BCUT2D eigenvalue weighted by atomic mass is 9.90. The van der Waals surface area contributed by atoms with Gasteiger partial charge in [-0.05, 0) is 45.6 Å². The molecule has 1 atom stereocenters. The van der Waals surface area contributed by atoms with Gasteiger partial charge in [0.15, 0.2) is 0 Å². The van der Waals surface area contributed by atoms with Gasteiger partial charge in [0.05, 0.1) is 12.7 Å². The topological polar surface area (TPSA) is 21.3 Å². The zero-order valence-electron chi connectivity index (χ0n) is 12.6. The van der Waals surface area contributed by atoms with Crippen LogP contribution in [0.3, 0.4) is 0 Å². The first-order chi connectivity index (χ1) is 8.15. The molecule has 0 heterocycles. The number of hydrogen-bond acceptors (Lipinski definition) is 2. The van der Waals surface area contributed by atoms with Crippen LogP contribution in [0, 0.1) is 5.92 Å². The summed E-state index contributed by atoms with van der Waals surface area (Å²) in [6.07, 6.45) is 6.72. The molecule has 17 heavy (non-hydrogen) atoms. The van der Waals surface area contributed by atoms with Gasteiger partial charge in [0, 0.05) is 6.04 Å². The number of rotatable bonds is 11. The molecule has 0 aliphatic carbocycles. The van der Waals surface area contributed by atoms with Crippen LogP contribution >= 0.6 is 0 Å². The Morgan fingerprint density at radius 3 is 1.94 bits per heavy atom. The molecule has 0 fully saturated rings. The second-order valence-electron chi connectivity index (χ2n) is 5.28. The summed E-state index contributed by atoms with van der Waals surface area (Å²) in [5, 5.41) is 3.67. The van der Waals surface area contributed by atoms with Gasteiger partial charge < -0.3 is 10.1 Å². The minimum atomic E-state index is 0.338. The maximum atomic E-state index is 5.81. The Hall–Kier alpha value is -0.0800. The molecule has 0 aliphatic rings. The minimum absolute atomic E-state index is 0.338. The molecule has 0 saturated carbocycles. The highest BCUT2D eigenvalue weighted by Gasteiger charge is 2.20. The fourth-order valence-corrected chi connectivity index (χ4v) is 2.28. The summed E-state index contributed by atoms with van der Waals surface area (Å²) in [6.45, 7) is 13.0. The molecule has 0 aromatic carbocycles. The van der Waals surface area contributed by atoms with Crippen molar-refractivity contribution in [3.05, 3.63) is 0 Å². The lowest BCUT2D eigenvalue weighted by molar-refractivity contribution is 0.0456. The molecule has 0 bridgehead atoms. The van der Waals surface area contributed by atoms with Crippen molar-refractivity contribution in [1.82, 2.24) is 5.32 Å². The number of nitrogens with one attached hydrogen (secondary N) is 1. The molecule has 1 N–H and O–H groups in total. The van der Waals surface area contributed by atoms with E-state index in [1.54, 1.807) is 0 Å². The Bertz CT molecular complexity index is 153. The second kappa shape index (κ2) is 11.0. The molecule has 0 radical (unpaired) electrons. The Kier molecular flexibility index (Phi) is 11.0. The van der Waals surface area contributed by atoms with Crippen molar-refractivity contribution in [2.75, 3.05) is 13.2 Å². The first kappa shape index (κ1) is 16.9. The molecule has 0 amide bonds. The molecule has 0 aliphatic heterocycles. The molecule has 104 valence electrons. The maximum Gasteiger partial charge on any atom is 0.0625 e. The third kappa shape index (κ3) is 8.62. The average Bonchev–Trinajstić information content (AvgIpc) is 2.29. The molecule has 0 saturated heterocycles. The lowest BCUT2D eigenvalue weighted by Crippen LogP contribution is -2.41.